The smallest absolute Gasteiger partial charge is 0.260 e. The largest absolute Gasteiger partial charge is 0.481 e. The maximum absolute atomic E-state index is 11.8. The summed E-state index contributed by atoms with van der Waals surface area (Å²) in [4.78, 5) is 11.8. The zero-order valence-electron chi connectivity index (χ0n) is 12.3. The molecule has 1 aromatic carbocycles. The quantitative estimate of drug-likeness (QED) is 0.471. The number of fused-ring (bicyclic) bond motifs is 1. The first-order valence-corrected chi connectivity index (χ1v) is 6.93. The van der Waals surface area contributed by atoms with E-state index in [0.717, 1.165) is 24.0 Å². The first kappa shape index (κ1) is 15.3. The number of aryl methyl sites for hydroxylation is 1. The number of hydrogen-bond donors (Lipinski definition) is 2. The van der Waals surface area contributed by atoms with Crippen molar-refractivity contribution in [1.29, 1.82) is 0 Å². The molecule has 6 nitrogen and oxygen atoms in total. The van der Waals surface area contributed by atoms with Crippen molar-refractivity contribution in [2.75, 3.05) is 20.3 Å². The fourth-order valence-corrected chi connectivity index (χ4v) is 2.30. The lowest BCUT2D eigenvalue weighted by Crippen LogP contribution is -2.37. The molecule has 0 saturated carbocycles. The highest BCUT2D eigenvalue weighted by molar-refractivity contribution is 6.04. The van der Waals surface area contributed by atoms with Crippen LogP contribution in [-0.4, -0.2) is 43.2 Å². The second-order valence-corrected chi connectivity index (χ2v) is 4.91. The number of carbonyl (C=O) groups excluding carboxylic acids is 1. The number of oxime groups is 1. The minimum Gasteiger partial charge on any atom is -0.481 e. The Morgan fingerprint density at radius 3 is 3.00 bits per heavy atom. The maximum atomic E-state index is 11.8. The fraction of sp³-hybridized carbons (Fsp3) is 0.467. The van der Waals surface area contributed by atoms with Gasteiger partial charge in [-0.1, -0.05) is 5.16 Å². The predicted molar refractivity (Wildman–Crippen MR) is 78.1 cm³/mol. The normalized spacial score (nSPS) is 16.6. The van der Waals surface area contributed by atoms with Gasteiger partial charge in [-0.3, -0.25) is 4.79 Å². The summed E-state index contributed by atoms with van der Waals surface area (Å²) in [5.74, 6) is 0.465. The molecule has 0 aromatic heterocycles. The number of rotatable bonds is 6. The Labute approximate surface area is 123 Å². The van der Waals surface area contributed by atoms with Gasteiger partial charge < -0.3 is 20.0 Å². The predicted octanol–water partition coefficient (Wildman–Crippen LogP) is 1.34. The average molecular weight is 292 g/mol. The number of amides is 1. The molecular formula is C15H20N2O4. The molecule has 0 spiro atoms. The molecule has 21 heavy (non-hydrogen) atoms. The lowest BCUT2D eigenvalue weighted by atomic mass is 10.1. The second-order valence-electron chi connectivity index (χ2n) is 4.91. The van der Waals surface area contributed by atoms with E-state index in [-0.39, 0.29) is 5.91 Å². The van der Waals surface area contributed by atoms with Gasteiger partial charge in [0.25, 0.3) is 5.91 Å². The zero-order chi connectivity index (χ0) is 15.2. The van der Waals surface area contributed by atoms with Gasteiger partial charge in [-0.2, -0.15) is 0 Å². The van der Waals surface area contributed by atoms with Gasteiger partial charge >= 0.3 is 0 Å². The standard InChI is InChI=1S/C15H20N2O4/c1-10(15(18)16-7-8-20-2)21-12-4-5-13-11(9-12)3-6-14(13)17-19/h4-5,9-10,19H,3,6-8H2,1-2H3,(H,16,18)/b17-14+. The lowest BCUT2D eigenvalue weighted by molar-refractivity contribution is -0.127. The molecule has 0 fully saturated rings. The molecule has 0 heterocycles. The Kier molecular flexibility index (Phi) is 5.16. The van der Waals surface area contributed by atoms with E-state index in [4.69, 9.17) is 14.7 Å². The first-order chi connectivity index (χ1) is 10.2. The third-order valence-electron chi connectivity index (χ3n) is 3.43. The van der Waals surface area contributed by atoms with E-state index in [1.165, 1.54) is 0 Å². The van der Waals surface area contributed by atoms with Crippen molar-refractivity contribution in [1.82, 2.24) is 5.32 Å². The summed E-state index contributed by atoms with van der Waals surface area (Å²) in [7, 11) is 1.58. The Morgan fingerprint density at radius 2 is 2.29 bits per heavy atom. The second kappa shape index (κ2) is 7.08. The molecule has 1 amide bonds. The van der Waals surface area contributed by atoms with Crippen LogP contribution in [0, 0.1) is 0 Å². The molecule has 2 rings (SSSR count). The highest BCUT2D eigenvalue weighted by Gasteiger charge is 2.20. The molecule has 6 heteroatoms. The van der Waals surface area contributed by atoms with Gasteiger partial charge in [0.15, 0.2) is 6.10 Å². The molecule has 1 aromatic rings. The third kappa shape index (κ3) is 3.72. The Morgan fingerprint density at radius 1 is 1.48 bits per heavy atom. The third-order valence-corrected chi connectivity index (χ3v) is 3.43. The molecule has 1 unspecified atom stereocenters. The summed E-state index contributed by atoms with van der Waals surface area (Å²) in [6.45, 7) is 2.64. The summed E-state index contributed by atoms with van der Waals surface area (Å²) in [5.41, 5.74) is 2.72. The summed E-state index contributed by atoms with van der Waals surface area (Å²) in [6, 6.07) is 5.54. The van der Waals surface area contributed by atoms with Crippen LogP contribution in [-0.2, 0) is 16.0 Å². The molecule has 114 valence electrons. The number of benzene rings is 1. The molecular weight excluding hydrogens is 272 g/mol. The van der Waals surface area contributed by atoms with Gasteiger partial charge in [-0.15, -0.1) is 0 Å². The molecule has 0 saturated heterocycles. The van der Waals surface area contributed by atoms with Crippen molar-refractivity contribution < 1.29 is 19.5 Å². The van der Waals surface area contributed by atoms with E-state index in [0.29, 0.717) is 24.6 Å². The molecule has 1 aliphatic carbocycles. The van der Waals surface area contributed by atoms with E-state index >= 15 is 0 Å². The van der Waals surface area contributed by atoms with Crippen molar-refractivity contribution in [3.05, 3.63) is 29.3 Å². The number of hydrogen-bond acceptors (Lipinski definition) is 5. The summed E-state index contributed by atoms with van der Waals surface area (Å²) in [6.07, 6.45) is 0.968. The monoisotopic (exact) mass is 292 g/mol. The summed E-state index contributed by atoms with van der Waals surface area (Å²) in [5, 5.41) is 14.9. The number of methoxy groups -OCH3 is 1. The molecule has 0 radical (unpaired) electrons. The maximum Gasteiger partial charge on any atom is 0.260 e. The Balaban J connectivity index is 1.96. The van der Waals surface area contributed by atoms with Crippen LogP contribution in [0.1, 0.15) is 24.5 Å². The number of carbonyl (C=O) groups is 1. The number of nitrogens with one attached hydrogen (secondary N) is 1. The van der Waals surface area contributed by atoms with Gasteiger partial charge in [-0.05, 0) is 43.5 Å². The van der Waals surface area contributed by atoms with Crippen molar-refractivity contribution in [3.8, 4) is 5.75 Å². The molecule has 2 N–H and O–H groups in total. The zero-order valence-corrected chi connectivity index (χ0v) is 12.3. The number of ether oxygens (including phenoxy) is 2. The van der Waals surface area contributed by atoms with E-state index in [1.54, 1.807) is 20.1 Å². The van der Waals surface area contributed by atoms with Crippen molar-refractivity contribution in [2.45, 2.75) is 25.9 Å². The minimum atomic E-state index is -0.577. The summed E-state index contributed by atoms with van der Waals surface area (Å²) < 4.78 is 10.5. The van der Waals surface area contributed by atoms with Crippen molar-refractivity contribution in [2.24, 2.45) is 5.16 Å². The average Bonchev–Trinajstić information content (AvgIpc) is 2.89. The van der Waals surface area contributed by atoms with Crippen LogP contribution in [0.5, 0.6) is 5.75 Å². The van der Waals surface area contributed by atoms with Crippen molar-refractivity contribution in [3.63, 3.8) is 0 Å². The van der Waals surface area contributed by atoms with E-state index in [2.05, 4.69) is 10.5 Å². The number of nitrogens with zero attached hydrogens (tertiary/aromatic N) is 1. The van der Waals surface area contributed by atoms with Crippen LogP contribution in [0.15, 0.2) is 23.4 Å². The van der Waals surface area contributed by atoms with E-state index in [9.17, 15) is 4.79 Å². The molecule has 1 aliphatic rings. The van der Waals surface area contributed by atoms with Crippen LogP contribution >= 0.6 is 0 Å². The van der Waals surface area contributed by atoms with E-state index < -0.39 is 6.10 Å². The van der Waals surface area contributed by atoms with Crippen LogP contribution in [0.3, 0.4) is 0 Å². The first-order valence-electron chi connectivity index (χ1n) is 6.93. The van der Waals surface area contributed by atoms with Crippen molar-refractivity contribution >= 4 is 11.6 Å². The molecule has 0 bridgehead atoms. The topological polar surface area (TPSA) is 80.2 Å². The van der Waals surface area contributed by atoms with Crippen LogP contribution < -0.4 is 10.1 Å². The van der Waals surface area contributed by atoms with Gasteiger partial charge in [0.1, 0.15) is 5.75 Å². The van der Waals surface area contributed by atoms with Crippen LogP contribution in [0.4, 0.5) is 0 Å². The Bertz CT molecular complexity index is 542. The highest BCUT2D eigenvalue weighted by Crippen LogP contribution is 2.27. The van der Waals surface area contributed by atoms with Crippen LogP contribution in [0.2, 0.25) is 0 Å². The van der Waals surface area contributed by atoms with Gasteiger partial charge in [0.05, 0.1) is 12.3 Å². The molecule has 1 atom stereocenters. The lowest BCUT2D eigenvalue weighted by Gasteiger charge is -2.15. The molecule has 0 aliphatic heterocycles. The van der Waals surface area contributed by atoms with Crippen LogP contribution in [0.25, 0.3) is 0 Å². The summed E-state index contributed by atoms with van der Waals surface area (Å²) >= 11 is 0. The van der Waals surface area contributed by atoms with Gasteiger partial charge in [0, 0.05) is 19.2 Å². The minimum absolute atomic E-state index is 0.176. The fourth-order valence-electron chi connectivity index (χ4n) is 2.30. The van der Waals surface area contributed by atoms with E-state index in [1.807, 2.05) is 12.1 Å². The van der Waals surface area contributed by atoms with Gasteiger partial charge in [0.2, 0.25) is 0 Å². The SMILES string of the molecule is COCCNC(=O)C(C)Oc1ccc2c(c1)CC/C2=N\O. The Hall–Kier alpha value is -2.08. The highest BCUT2D eigenvalue weighted by atomic mass is 16.5. The van der Waals surface area contributed by atoms with Gasteiger partial charge in [-0.25, -0.2) is 0 Å².